The van der Waals surface area contributed by atoms with Crippen molar-refractivity contribution in [2.24, 2.45) is 0 Å². The molecule has 0 fully saturated rings. The minimum absolute atomic E-state index is 0.0352. The molecule has 0 aliphatic rings. The fourth-order valence-electron chi connectivity index (χ4n) is 2.15. The van der Waals surface area contributed by atoms with E-state index in [-0.39, 0.29) is 17.8 Å². The number of hydrogen-bond donors (Lipinski definition) is 2. The zero-order chi connectivity index (χ0) is 15.4. The summed E-state index contributed by atoms with van der Waals surface area (Å²) >= 11 is 0. The molecule has 4 heteroatoms. The third-order valence-corrected chi connectivity index (χ3v) is 3.28. The predicted octanol–water partition coefficient (Wildman–Crippen LogP) is 4.27. The molecule has 1 amide bonds. The minimum atomic E-state index is -0.245. The Balaban J connectivity index is 2.20. The van der Waals surface area contributed by atoms with Gasteiger partial charge in [-0.1, -0.05) is 18.2 Å². The van der Waals surface area contributed by atoms with Crippen molar-refractivity contribution in [3.63, 3.8) is 0 Å². The number of carbonyl (C=O) groups is 1. The van der Waals surface area contributed by atoms with Gasteiger partial charge in [0.25, 0.3) is 0 Å². The van der Waals surface area contributed by atoms with Gasteiger partial charge in [0.2, 0.25) is 5.91 Å². The maximum absolute atomic E-state index is 13.3. The number of aryl methyl sites for hydroxylation is 1. The van der Waals surface area contributed by atoms with Gasteiger partial charge in [-0.15, -0.1) is 0 Å². The Morgan fingerprint density at radius 1 is 1.19 bits per heavy atom. The van der Waals surface area contributed by atoms with E-state index in [2.05, 4.69) is 10.6 Å². The summed E-state index contributed by atoms with van der Waals surface area (Å²) < 4.78 is 13.3. The fourth-order valence-corrected chi connectivity index (χ4v) is 2.15. The number of nitrogens with one attached hydrogen (secondary N) is 2. The summed E-state index contributed by atoms with van der Waals surface area (Å²) in [7, 11) is 0. The number of halogens is 1. The van der Waals surface area contributed by atoms with Crippen LogP contribution in [0.25, 0.3) is 0 Å². The smallest absolute Gasteiger partial charge is 0.221 e. The Hall–Kier alpha value is -2.36. The van der Waals surface area contributed by atoms with E-state index in [1.165, 1.54) is 19.1 Å². The molecule has 0 aromatic heterocycles. The third kappa shape index (κ3) is 4.05. The van der Waals surface area contributed by atoms with Crippen LogP contribution in [0.15, 0.2) is 42.5 Å². The topological polar surface area (TPSA) is 41.1 Å². The zero-order valence-corrected chi connectivity index (χ0v) is 12.4. The van der Waals surface area contributed by atoms with Crippen LogP contribution in [0.2, 0.25) is 0 Å². The van der Waals surface area contributed by atoms with E-state index < -0.39 is 0 Å². The highest BCUT2D eigenvalue weighted by atomic mass is 19.1. The summed E-state index contributed by atoms with van der Waals surface area (Å²) in [5, 5.41) is 6.10. The molecular weight excluding hydrogens is 267 g/mol. The molecule has 0 spiro atoms. The van der Waals surface area contributed by atoms with E-state index in [0.29, 0.717) is 0 Å². The maximum atomic E-state index is 13.3. The van der Waals surface area contributed by atoms with Gasteiger partial charge < -0.3 is 10.6 Å². The number of anilines is 2. The van der Waals surface area contributed by atoms with Gasteiger partial charge in [-0.2, -0.15) is 0 Å². The first-order valence-corrected chi connectivity index (χ1v) is 6.86. The maximum Gasteiger partial charge on any atom is 0.221 e. The third-order valence-electron chi connectivity index (χ3n) is 3.28. The first-order chi connectivity index (χ1) is 9.95. The number of hydrogen-bond acceptors (Lipinski definition) is 2. The van der Waals surface area contributed by atoms with Gasteiger partial charge in [0, 0.05) is 24.3 Å². The van der Waals surface area contributed by atoms with E-state index in [9.17, 15) is 9.18 Å². The van der Waals surface area contributed by atoms with Gasteiger partial charge in [-0.05, 0) is 49.2 Å². The lowest BCUT2D eigenvalue weighted by atomic mass is 10.1. The lowest BCUT2D eigenvalue weighted by Crippen LogP contribution is -2.10. The minimum Gasteiger partial charge on any atom is -0.378 e. The van der Waals surface area contributed by atoms with Gasteiger partial charge in [0.15, 0.2) is 0 Å². The second-order valence-corrected chi connectivity index (χ2v) is 5.13. The van der Waals surface area contributed by atoms with E-state index in [1.54, 1.807) is 6.07 Å². The molecule has 2 aromatic carbocycles. The van der Waals surface area contributed by atoms with Crippen LogP contribution in [-0.2, 0) is 4.79 Å². The van der Waals surface area contributed by atoms with Crippen LogP contribution in [0.1, 0.15) is 31.0 Å². The standard InChI is InChI=1S/C17H19FN2O/c1-11-7-8-16(20-13(3)21)10-17(11)19-12(2)14-5-4-6-15(18)9-14/h4-10,12,19H,1-3H3,(H,20,21). The van der Waals surface area contributed by atoms with E-state index in [1.807, 2.05) is 38.1 Å². The molecule has 0 saturated heterocycles. The summed E-state index contributed by atoms with van der Waals surface area (Å²) in [5.74, 6) is -0.354. The second-order valence-electron chi connectivity index (χ2n) is 5.13. The van der Waals surface area contributed by atoms with Crippen LogP contribution in [0.4, 0.5) is 15.8 Å². The molecule has 2 N–H and O–H groups in total. The van der Waals surface area contributed by atoms with E-state index in [4.69, 9.17) is 0 Å². The quantitative estimate of drug-likeness (QED) is 0.881. The van der Waals surface area contributed by atoms with Crippen molar-refractivity contribution in [2.45, 2.75) is 26.8 Å². The largest absolute Gasteiger partial charge is 0.378 e. The van der Waals surface area contributed by atoms with Crippen molar-refractivity contribution >= 4 is 17.3 Å². The molecule has 2 rings (SSSR count). The highest BCUT2D eigenvalue weighted by Gasteiger charge is 2.09. The number of carbonyl (C=O) groups excluding carboxylic acids is 1. The summed E-state index contributed by atoms with van der Waals surface area (Å²) in [6.07, 6.45) is 0. The molecule has 110 valence electrons. The Morgan fingerprint density at radius 2 is 1.95 bits per heavy atom. The number of rotatable bonds is 4. The van der Waals surface area contributed by atoms with Gasteiger partial charge >= 0.3 is 0 Å². The molecule has 21 heavy (non-hydrogen) atoms. The molecule has 3 nitrogen and oxygen atoms in total. The normalized spacial score (nSPS) is 11.8. The summed E-state index contributed by atoms with van der Waals surface area (Å²) in [4.78, 5) is 11.1. The van der Waals surface area contributed by atoms with Crippen molar-refractivity contribution in [2.75, 3.05) is 10.6 Å². The molecule has 2 aromatic rings. The van der Waals surface area contributed by atoms with Crippen molar-refractivity contribution in [3.05, 3.63) is 59.4 Å². The fraction of sp³-hybridized carbons (Fsp3) is 0.235. The Bertz CT molecular complexity index is 655. The van der Waals surface area contributed by atoms with Crippen molar-refractivity contribution in [1.82, 2.24) is 0 Å². The first-order valence-electron chi connectivity index (χ1n) is 6.86. The van der Waals surface area contributed by atoms with Gasteiger partial charge in [0.05, 0.1) is 0 Å². The highest BCUT2D eigenvalue weighted by molar-refractivity contribution is 5.89. The monoisotopic (exact) mass is 286 g/mol. The molecule has 0 aliphatic carbocycles. The van der Waals surface area contributed by atoms with Crippen LogP contribution in [-0.4, -0.2) is 5.91 Å². The lowest BCUT2D eigenvalue weighted by molar-refractivity contribution is -0.114. The van der Waals surface area contributed by atoms with Crippen molar-refractivity contribution in [1.29, 1.82) is 0 Å². The number of benzene rings is 2. The lowest BCUT2D eigenvalue weighted by Gasteiger charge is -2.18. The summed E-state index contributed by atoms with van der Waals surface area (Å²) in [6.45, 7) is 5.43. The van der Waals surface area contributed by atoms with Gasteiger partial charge in [-0.25, -0.2) is 4.39 Å². The van der Waals surface area contributed by atoms with Crippen LogP contribution < -0.4 is 10.6 Å². The van der Waals surface area contributed by atoms with Crippen LogP contribution in [0, 0.1) is 12.7 Å². The molecule has 0 saturated carbocycles. The van der Waals surface area contributed by atoms with E-state index >= 15 is 0 Å². The summed E-state index contributed by atoms with van der Waals surface area (Å²) in [6, 6.07) is 12.2. The molecule has 1 unspecified atom stereocenters. The molecule has 0 aliphatic heterocycles. The molecule has 1 atom stereocenters. The average molecular weight is 286 g/mol. The molecule has 0 heterocycles. The highest BCUT2D eigenvalue weighted by Crippen LogP contribution is 2.25. The van der Waals surface area contributed by atoms with Crippen molar-refractivity contribution in [3.8, 4) is 0 Å². The van der Waals surface area contributed by atoms with Crippen LogP contribution in [0.5, 0.6) is 0 Å². The Morgan fingerprint density at radius 3 is 2.62 bits per heavy atom. The SMILES string of the molecule is CC(=O)Nc1ccc(C)c(NC(C)c2cccc(F)c2)c1. The second kappa shape index (κ2) is 6.39. The number of amides is 1. The molecule has 0 bridgehead atoms. The average Bonchev–Trinajstić information content (AvgIpc) is 2.42. The Kier molecular flexibility index (Phi) is 4.58. The van der Waals surface area contributed by atoms with Crippen molar-refractivity contribution < 1.29 is 9.18 Å². The van der Waals surface area contributed by atoms with Crippen LogP contribution in [0.3, 0.4) is 0 Å². The van der Waals surface area contributed by atoms with Crippen LogP contribution >= 0.6 is 0 Å². The summed E-state index contributed by atoms with van der Waals surface area (Å²) in [5.41, 5.74) is 3.59. The van der Waals surface area contributed by atoms with Gasteiger partial charge in [-0.3, -0.25) is 4.79 Å². The Labute approximate surface area is 124 Å². The van der Waals surface area contributed by atoms with Gasteiger partial charge in [0.1, 0.15) is 5.82 Å². The molecular formula is C17H19FN2O. The van der Waals surface area contributed by atoms with E-state index in [0.717, 1.165) is 22.5 Å². The molecule has 0 radical (unpaired) electrons. The zero-order valence-electron chi connectivity index (χ0n) is 12.4. The first kappa shape index (κ1) is 15.0. The predicted molar refractivity (Wildman–Crippen MR) is 83.9 cm³/mol.